The van der Waals surface area contributed by atoms with Crippen molar-refractivity contribution in [2.24, 2.45) is 5.73 Å². The van der Waals surface area contributed by atoms with Crippen LogP contribution in [0.5, 0.6) is 0 Å². The summed E-state index contributed by atoms with van der Waals surface area (Å²) in [6.45, 7) is 6.68. The third kappa shape index (κ3) is 2.75. The van der Waals surface area contributed by atoms with Crippen LogP contribution in [0.1, 0.15) is 31.7 Å². The van der Waals surface area contributed by atoms with Gasteiger partial charge in [0.2, 0.25) is 0 Å². The highest BCUT2D eigenvalue weighted by atomic mass is 79.9. The predicted molar refractivity (Wildman–Crippen MR) is 79.4 cm³/mol. The molecule has 20 heavy (non-hydrogen) atoms. The molecule has 112 valence electrons. The molecule has 1 aromatic heterocycles. The number of likely N-dealkylation sites (tertiary alicyclic amines) is 1. The maximum absolute atomic E-state index is 11.2. The van der Waals surface area contributed by atoms with Gasteiger partial charge in [0, 0.05) is 26.2 Å². The summed E-state index contributed by atoms with van der Waals surface area (Å²) in [6.07, 6.45) is 1.36. The van der Waals surface area contributed by atoms with Crippen molar-refractivity contribution in [3.63, 3.8) is 0 Å². The van der Waals surface area contributed by atoms with Crippen LogP contribution < -0.4 is 5.73 Å². The van der Waals surface area contributed by atoms with Crippen LogP contribution in [0.15, 0.2) is 4.47 Å². The van der Waals surface area contributed by atoms with Crippen molar-refractivity contribution < 1.29 is 9.90 Å². The minimum Gasteiger partial charge on any atom is -0.480 e. The molecule has 1 atom stereocenters. The molecular formula is C13H21BrN4O2. The zero-order chi connectivity index (χ0) is 14.9. The zero-order valence-corrected chi connectivity index (χ0v) is 13.5. The first-order valence-electron chi connectivity index (χ1n) is 6.90. The van der Waals surface area contributed by atoms with Crippen molar-refractivity contribution in [2.45, 2.75) is 45.3 Å². The molecule has 0 aromatic carbocycles. The molecule has 1 aliphatic rings. The molecule has 1 aromatic rings. The monoisotopic (exact) mass is 344 g/mol. The summed E-state index contributed by atoms with van der Waals surface area (Å²) >= 11 is 3.61. The Morgan fingerprint density at radius 2 is 2.25 bits per heavy atom. The van der Waals surface area contributed by atoms with E-state index in [1.165, 1.54) is 0 Å². The van der Waals surface area contributed by atoms with E-state index >= 15 is 0 Å². The Morgan fingerprint density at radius 1 is 1.55 bits per heavy atom. The molecule has 0 saturated carbocycles. The molecule has 2 rings (SSSR count). The van der Waals surface area contributed by atoms with Gasteiger partial charge in [-0.15, -0.1) is 0 Å². The number of aromatic nitrogens is 2. The summed E-state index contributed by atoms with van der Waals surface area (Å²) < 4.78 is 3.01. The van der Waals surface area contributed by atoms with Gasteiger partial charge in [0.15, 0.2) is 0 Å². The van der Waals surface area contributed by atoms with Crippen molar-refractivity contribution >= 4 is 21.9 Å². The van der Waals surface area contributed by atoms with Gasteiger partial charge in [-0.1, -0.05) is 6.92 Å². The number of carbonyl (C=O) groups is 1. The number of aryl methyl sites for hydroxylation is 2. The number of nitrogens with two attached hydrogens (primary N) is 1. The molecule has 0 bridgehead atoms. The topological polar surface area (TPSA) is 84.4 Å². The van der Waals surface area contributed by atoms with Crippen LogP contribution in [-0.4, -0.2) is 44.4 Å². The summed E-state index contributed by atoms with van der Waals surface area (Å²) in [4.78, 5) is 13.3. The summed E-state index contributed by atoms with van der Waals surface area (Å²) in [5, 5.41) is 13.7. The van der Waals surface area contributed by atoms with Crippen LogP contribution in [0.3, 0.4) is 0 Å². The first-order valence-corrected chi connectivity index (χ1v) is 7.69. The van der Waals surface area contributed by atoms with Crippen LogP contribution in [0.25, 0.3) is 0 Å². The molecule has 1 unspecified atom stereocenters. The number of rotatable bonds is 5. The van der Waals surface area contributed by atoms with E-state index in [0.29, 0.717) is 26.1 Å². The normalized spacial score (nSPS) is 23.4. The van der Waals surface area contributed by atoms with Gasteiger partial charge in [0.25, 0.3) is 0 Å². The van der Waals surface area contributed by atoms with Crippen molar-refractivity contribution in [3.8, 4) is 0 Å². The molecule has 1 aliphatic heterocycles. The van der Waals surface area contributed by atoms with Crippen LogP contribution in [0.2, 0.25) is 0 Å². The highest BCUT2D eigenvalue weighted by Gasteiger charge is 2.41. The number of halogens is 1. The van der Waals surface area contributed by atoms with E-state index in [1.54, 1.807) is 0 Å². The van der Waals surface area contributed by atoms with E-state index in [4.69, 9.17) is 5.73 Å². The van der Waals surface area contributed by atoms with E-state index in [9.17, 15) is 9.90 Å². The van der Waals surface area contributed by atoms with E-state index in [0.717, 1.165) is 28.8 Å². The lowest BCUT2D eigenvalue weighted by Gasteiger charge is -2.20. The highest BCUT2D eigenvalue weighted by molar-refractivity contribution is 9.10. The molecule has 0 spiro atoms. The van der Waals surface area contributed by atoms with Crippen LogP contribution in [0, 0.1) is 0 Å². The number of carboxylic acids is 1. The Kier molecular flexibility index (Phi) is 4.51. The average molecular weight is 345 g/mol. The van der Waals surface area contributed by atoms with Crippen molar-refractivity contribution in [2.75, 3.05) is 13.1 Å². The Hall–Kier alpha value is -0.920. The molecule has 2 heterocycles. The van der Waals surface area contributed by atoms with Crippen LogP contribution in [0.4, 0.5) is 0 Å². The molecule has 1 fully saturated rings. The highest BCUT2D eigenvalue weighted by Crippen LogP contribution is 2.27. The van der Waals surface area contributed by atoms with Crippen molar-refractivity contribution in [1.82, 2.24) is 14.7 Å². The second kappa shape index (κ2) is 5.83. The first kappa shape index (κ1) is 15.5. The fraction of sp³-hybridized carbons (Fsp3) is 0.692. The Bertz CT molecular complexity index is 517. The number of hydrogen-bond donors (Lipinski definition) is 2. The number of carboxylic acid groups (broad SMARTS) is 1. The van der Waals surface area contributed by atoms with Gasteiger partial charge in [-0.05, 0) is 35.7 Å². The third-order valence-corrected chi connectivity index (χ3v) is 4.79. The SMILES string of the molecule is CCc1nn(CC)c(CN2CCC(N)(C(=O)O)C2)c1Br. The van der Waals surface area contributed by atoms with Gasteiger partial charge >= 0.3 is 5.97 Å². The zero-order valence-electron chi connectivity index (χ0n) is 11.9. The average Bonchev–Trinajstić information content (AvgIpc) is 2.93. The second-order valence-corrected chi connectivity index (χ2v) is 6.09. The second-order valence-electron chi connectivity index (χ2n) is 5.30. The summed E-state index contributed by atoms with van der Waals surface area (Å²) in [5.41, 5.74) is 6.93. The fourth-order valence-electron chi connectivity index (χ4n) is 2.60. The molecule has 3 N–H and O–H groups in total. The number of nitrogens with zero attached hydrogens (tertiary/aromatic N) is 3. The van der Waals surface area contributed by atoms with Crippen molar-refractivity contribution in [1.29, 1.82) is 0 Å². The van der Waals surface area contributed by atoms with Crippen molar-refractivity contribution in [3.05, 3.63) is 15.9 Å². The standard InChI is InChI=1S/C13H21BrN4O2/c1-3-9-11(14)10(18(4-2)16-9)7-17-6-5-13(15,8-17)12(19)20/h3-8,15H2,1-2H3,(H,19,20). The molecule has 7 heteroatoms. The smallest absolute Gasteiger partial charge is 0.325 e. The molecule has 0 aliphatic carbocycles. The van der Waals surface area contributed by atoms with E-state index in [1.807, 2.05) is 4.68 Å². The predicted octanol–water partition coefficient (Wildman–Crippen LogP) is 1.22. The summed E-state index contributed by atoms with van der Waals surface area (Å²) in [6, 6.07) is 0. The van der Waals surface area contributed by atoms with Crippen LogP contribution >= 0.6 is 15.9 Å². The van der Waals surface area contributed by atoms with Crippen LogP contribution in [-0.2, 0) is 24.3 Å². The lowest BCUT2D eigenvalue weighted by atomic mass is 10.0. The lowest BCUT2D eigenvalue weighted by molar-refractivity contribution is -0.142. The van der Waals surface area contributed by atoms with Gasteiger partial charge < -0.3 is 10.8 Å². The Labute approximate surface area is 127 Å². The fourth-order valence-corrected chi connectivity index (χ4v) is 3.29. The van der Waals surface area contributed by atoms with E-state index < -0.39 is 11.5 Å². The number of aliphatic carboxylic acids is 1. The Balaban J connectivity index is 2.16. The molecule has 1 saturated heterocycles. The lowest BCUT2D eigenvalue weighted by Crippen LogP contribution is -2.50. The minimum absolute atomic E-state index is 0.380. The largest absolute Gasteiger partial charge is 0.480 e. The molecular weight excluding hydrogens is 324 g/mol. The van der Waals surface area contributed by atoms with Gasteiger partial charge in [-0.25, -0.2) is 0 Å². The van der Waals surface area contributed by atoms with E-state index in [2.05, 4.69) is 39.8 Å². The maximum atomic E-state index is 11.2. The quantitative estimate of drug-likeness (QED) is 0.838. The molecule has 0 amide bonds. The van der Waals surface area contributed by atoms with E-state index in [-0.39, 0.29) is 0 Å². The molecule has 6 nitrogen and oxygen atoms in total. The summed E-state index contributed by atoms with van der Waals surface area (Å²) in [7, 11) is 0. The first-order chi connectivity index (χ1) is 9.41. The molecule has 0 radical (unpaired) electrons. The van der Waals surface area contributed by atoms with Gasteiger partial charge in [-0.3, -0.25) is 14.4 Å². The number of hydrogen-bond acceptors (Lipinski definition) is 4. The van der Waals surface area contributed by atoms with Gasteiger partial charge in [0.05, 0.1) is 15.9 Å². The third-order valence-electron chi connectivity index (χ3n) is 3.87. The maximum Gasteiger partial charge on any atom is 0.325 e. The summed E-state index contributed by atoms with van der Waals surface area (Å²) in [5.74, 6) is -0.919. The van der Waals surface area contributed by atoms with Gasteiger partial charge in [-0.2, -0.15) is 5.10 Å². The van der Waals surface area contributed by atoms with Gasteiger partial charge in [0.1, 0.15) is 5.54 Å². The Morgan fingerprint density at radius 3 is 2.75 bits per heavy atom. The minimum atomic E-state index is -1.11.